The number of hydrogen-bond donors (Lipinski definition) is 1. The number of nitrogens with zero attached hydrogens (tertiary/aromatic N) is 2. The molecule has 0 spiro atoms. The average Bonchev–Trinajstić information content (AvgIpc) is 2.84. The van der Waals surface area contributed by atoms with Crippen LogP contribution in [0.25, 0.3) is 10.6 Å². The first-order chi connectivity index (χ1) is 9.02. The SMILES string of the molecule is CCNCc1nnc(-c2ccccc2C(C)(C)C)s1. The van der Waals surface area contributed by atoms with Gasteiger partial charge in [-0.2, -0.15) is 0 Å². The van der Waals surface area contributed by atoms with E-state index < -0.39 is 0 Å². The zero-order chi connectivity index (χ0) is 13.9. The maximum atomic E-state index is 4.34. The second-order valence-corrected chi connectivity index (χ2v) is 6.64. The fraction of sp³-hybridized carbons (Fsp3) is 0.467. The zero-order valence-corrected chi connectivity index (χ0v) is 12.8. The smallest absolute Gasteiger partial charge is 0.148 e. The van der Waals surface area contributed by atoms with E-state index in [1.54, 1.807) is 11.3 Å². The van der Waals surface area contributed by atoms with E-state index in [9.17, 15) is 0 Å². The van der Waals surface area contributed by atoms with Crippen molar-refractivity contribution in [3.63, 3.8) is 0 Å². The molecule has 0 atom stereocenters. The number of hydrogen-bond acceptors (Lipinski definition) is 4. The number of nitrogens with one attached hydrogen (secondary N) is 1. The third kappa shape index (κ3) is 3.39. The summed E-state index contributed by atoms with van der Waals surface area (Å²) >= 11 is 1.67. The molecule has 3 nitrogen and oxygen atoms in total. The molecule has 0 aliphatic carbocycles. The first-order valence-electron chi connectivity index (χ1n) is 6.65. The molecule has 4 heteroatoms. The summed E-state index contributed by atoms with van der Waals surface area (Å²) in [7, 11) is 0. The molecule has 0 radical (unpaired) electrons. The van der Waals surface area contributed by atoms with Crippen molar-refractivity contribution in [3.05, 3.63) is 34.8 Å². The van der Waals surface area contributed by atoms with Crippen molar-refractivity contribution in [2.24, 2.45) is 0 Å². The molecule has 0 aliphatic rings. The van der Waals surface area contributed by atoms with Crippen LogP contribution in [0.15, 0.2) is 24.3 Å². The summed E-state index contributed by atoms with van der Waals surface area (Å²) in [4.78, 5) is 0. The van der Waals surface area contributed by atoms with Gasteiger partial charge in [-0.05, 0) is 17.5 Å². The van der Waals surface area contributed by atoms with Crippen molar-refractivity contribution >= 4 is 11.3 Å². The van der Waals surface area contributed by atoms with Crippen molar-refractivity contribution in [2.75, 3.05) is 6.54 Å². The van der Waals surface area contributed by atoms with E-state index in [1.165, 1.54) is 11.1 Å². The van der Waals surface area contributed by atoms with Crippen LogP contribution in [0.3, 0.4) is 0 Å². The Labute approximate surface area is 119 Å². The van der Waals surface area contributed by atoms with Gasteiger partial charge in [0.1, 0.15) is 10.0 Å². The summed E-state index contributed by atoms with van der Waals surface area (Å²) in [5, 5.41) is 13.9. The first-order valence-corrected chi connectivity index (χ1v) is 7.47. The first kappa shape index (κ1) is 14.2. The largest absolute Gasteiger partial charge is 0.311 e. The molecule has 0 saturated heterocycles. The van der Waals surface area contributed by atoms with Gasteiger partial charge in [-0.1, -0.05) is 63.3 Å². The third-order valence-electron chi connectivity index (χ3n) is 2.96. The van der Waals surface area contributed by atoms with Gasteiger partial charge in [-0.15, -0.1) is 10.2 Å². The quantitative estimate of drug-likeness (QED) is 0.926. The lowest BCUT2D eigenvalue weighted by Crippen LogP contribution is -2.12. The van der Waals surface area contributed by atoms with Crippen molar-refractivity contribution in [2.45, 2.75) is 39.7 Å². The highest BCUT2D eigenvalue weighted by atomic mass is 32.1. The van der Waals surface area contributed by atoms with Crippen molar-refractivity contribution in [3.8, 4) is 10.6 Å². The Bertz CT molecular complexity index is 540. The molecule has 1 aromatic heterocycles. The van der Waals surface area contributed by atoms with Gasteiger partial charge >= 0.3 is 0 Å². The van der Waals surface area contributed by atoms with E-state index in [0.29, 0.717) is 0 Å². The Kier molecular flexibility index (Phi) is 4.32. The molecule has 2 aromatic rings. The predicted molar refractivity (Wildman–Crippen MR) is 81.4 cm³/mol. The monoisotopic (exact) mass is 275 g/mol. The highest BCUT2D eigenvalue weighted by Crippen LogP contribution is 2.34. The van der Waals surface area contributed by atoms with E-state index >= 15 is 0 Å². The molecule has 2 rings (SSSR count). The van der Waals surface area contributed by atoms with Crippen LogP contribution in [-0.2, 0) is 12.0 Å². The minimum absolute atomic E-state index is 0.115. The normalized spacial score (nSPS) is 11.8. The van der Waals surface area contributed by atoms with Crippen LogP contribution in [0.4, 0.5) is 0 Å². The van der Waals surface area contributed by atoms with E-state index in [2.05, 4.69) is 67.5 Å². The van der Waals surface area contributed by atoms with Crippen LogP contribution in [0.2, 0.25) is 0 Å². The lowest BCUT2D eigenvalue weighted by molar-refractivity contribution is 0.592. The van der Waals surface area contributed by atoms with Crippen LogP contribution in [0, 0.1) is 0 Å². The van der Waals surface area contributed by atoms with Gasteiger partial charge in [0, 0.05) is 12.1 Å². The summed E-state index contributed by atoms with van der Waals surface area (Å²) in [6.45, 7) is 10.5. The van der Waals surface area contributed by atoms with Crippen molar-refractivity contribution < 1.29 is 0 Å². The zero-order valence-electron chi connectivity index (χ0n) is 12.0. The minimum Gasteiger partial charge on any atom is -0.311 e. The molecule has 1 heterocycles. The Morgan fingerprint density at radius 1 is 1.16 bits per heavy atom. The van der Waals surface area contributed by atoms with Gasteiger partial charge in [0.05, 0.1) is 0 Å². The average molecular weight is 275 g/mol. The van der Waals surface area contributed by atoms with Gasteiger partial charge in [-0.3, -0.25) is 0 Å². The topological polar surface area (TPSA) is 37.8 Å². The molecule has 102 valence electrons. The van der Waals surface area contributed by atoms with Crippen LogP contribution < -0.4 is 5.32 Å². The number of benzene rings is 1. The molecule has 0 saturated carbocycles. The van der Waals surface area contributed by atoms with Gasteiger partial charge in [0.2, 0.25) is 0 Å². The van der Waals surface area contributed by atoms with E-state index in [1.807, 2.05) is 0 Å². The highest BCUT2D eigenvalue weighted by molar-refractivity contribution is 7.14. The predicted octanol–water partition coefficient (Wildman–Crippen LogP) is 3.61. The molecule has 0 fully saturated rings. The number of rotatable bonds is 4. The fourth-order valence-corrected chi connectivity index (χ4v) is 2.84. The standard InChI is InChI=1S/C15H21N3S/c1-5-16-10-13-17-18-14(19-13)11-8-6-7-9-12(11)15(2,3)4/h6-9,16H,5,10H2,1-4H3. The van der Waals surface area contributed by atoms with Crippen LogP contribution in [0.1, 0.15) is 38.3 Å². The second-order valence-electron chi connectivity index (χ2n) is 5.58. The summed E-state index contributed by atoms with van der Waals surface area (Å²) in [6, 6.07) is 8.47. The third-order valence-corrected chi connectivity index (χ3v) is 3.92. The summed E-state index contributed by atoms with van der Waals surface area (Å²) < 4.78 is 0. The maximum absolute atomic E-state index is 4.34. The molecule has 0 unspecified atom stereocenters. The van der Waals surface area contributed by atoms with Gasteiger partial charge in [-0.25, -0.2) is 0 Å². The Balaban J connectivity index is 2.34. The molecule has 0 aliphatic heterocycles. The Morgan fingerprint density at radius 2 is 1.89 bits per heavy atom. The van der Waals surface area contributed by atoms with Crippen LogP contribution in [-0.4, -0.2) is 16.7 Å². The number of aromatic nitrogens is 2. The lowest BCUT2D eigenvalue weighted by Gasteiger charge is -2.21. The van der Waals surface area contributed by atoms with Gasteiger partial charge in [0.15, 0.2) is 0 Å². The minimum atomic E-state index is 0.115. The fourth-order valence-electron chi connectivity index (χ4n) is 1.99. The molecular weight excluding hydrogens is 254 g/mol. The maximum Gasteiger partial charge on any atom is 0.148 e. The Morgan fingerprint density at radius 3 is 2.58 bits per heavy atom. The van der Waals surface area contributed by atoms with Crippen LogP contribution in [0.5, 0.6) is 0 Å². The summed E-state index contributed by atoms with van der Waals surface area (Å²) in [5.74, 6) is 0. The molecule has 19 heavy (non-hydrogen) atoms. The second kappa shape index (κ2) is 5.80. The van der Waals surface area contributed by atoms with Crippen molar-refractivity contribution in [1.29, 1.82) is 0 Å². The summed E-state index contributed by atoms with van der Waals surface area (Å²) in [6.07, 6.45) is 0. The van der Waals surface area contributed by atoms with Crippen LogP contribution >= 0.6 is 11.3 Å². The van der Waals surface area contributed by atoms with E-state index in [-0.39, 0.29) is 5.41 Å². The van der Waals surface area contributed by atoms with Gasteiger partial charge < -0.3 is 5.32 Å². The molecular formula is C15H21N3S. The highest BCUT2D eigenvalue weighted by Gasteiger charge is 2.20. The lowest BCUT2D eigenvalue weighted by atomic mass is 9.84. The molecule has 0 amide bonds. The van der Waals surface area contributed by atoms with E-state index in [0.717, 1.165) is 23.1 Å². The van der Waals surface area contributed by atoms with Crippen molar-refractivity contribution in [1.82, 2.24) is 15.5 Å². The van der Waals surface area contributed by atoms with Gasteiger partial charge in [0.25, 0.3) is 0 Å². The molecule has 1 N–H and O–H groups in total. The summed E-state index contributed by atoms with van der Waals surface area (Å²) in [5.41, 5.74) is 2.64. The molecule has 0 bridgehead atoms. The van der Waals surface area contributed by atoms with E-state index in [4.69, 9.17) is 0 Å². The molecule has 1 aromatic carbocycles. The Hall–Kier alpha value is -1.26.